The van der Waals surface area contributed by atoms with Gasteiger partial charge in [-0.2, -0.15) is 4.72 Å². The summed E-state index contributed by atoms with van der Waals surface area (Å²) in [5, 5.41) is 3.67. The zero-order valence-electron chi connectivity index (χ0n) is 16.2. The molecule has 1 atom stereocenters. The van der Waals surface area contributed by atoms with Crippen LogP contribution in [0.5, 0.6) is 0 Å². The maximum atomic E-state index is 12.9. The monoisotopic (exact) mass is 417 g/mol. The maximum Gasteiger partial charge on any atom is 0.242 e. The molecular formula is C20H23N3O3S2. The predicted molar refractivity (Wildman–Crippen MR) is 113 cm³/mol. The van der Waals surface area contributed by atoms with Crippen molar-refractivity contribution in [2.75, 3.05) is 5.32 Å². The van der Waals surface area contributed by atoms with Crippen molar-refractivity contribution in [2.24, 2.45) is 5.92 Å². The Labute approximate surface area is 169 Å². The fourth-order valence-corrected chi connectivity index (χ4v) is 5.17. The van der Waals surface area contributed by atoms with E-state index in [2.05, 4.69) is 15.0 Å². The van der Waals surface area contributed by atoms with Crippen LogP contribution < -0.4 is 10.0 Å². The van der Waals surface area contributed by atoms with Gasteiger partial charge in [0.05, 0.1) is 20.1 Å². The molecule has 1 amide bonds. The Morgan fingerprint density at radius 1 is 1.11 bits per heavy atom. The number of nitrogens with zero attached hydrogens (tertiary/aromatic N) is 1. The lowest BCUT2D eigenvalue weighted by Crippen LogP contribution is -2.47. The van der Waals surface area contributed by atoms with Crippen LogP contribution >= 0.6 is 11.3 Å². The van der Waals surface area contributed by atoms with Gasteiger partial charge in [0.2, 0.25) is 15.9 Å². The van der Waals surface area contributed by atoms with Gasteiger partial charge in [0.1, 0.15) is 6.04 Å². The van der Waals surface area contributed by atoms with Crippen LogP contribution in [-0.2, 0) is 14.8 Å². The first kappa shape index (κ1) is 20.4. The molecular weight excluding hydrogens is 394 g/mol. The van der Waals surface area contributed by atoms with E-state index >= 15 is 0 Å². The molecule has 1 heterocycles. The Morgan fingerprint density at radius 2 is 1.86 bits per heavy atom. The minimum Gasteiger partial charge on any atom is -0.325 e. The van der Waals surface area contributed by atoms with Crippen LogP contribution in [0, 0.1) is 19.8 Å². The number of carbonyl (C=O) groups excluding carboxylic acids is 1. The summed E-state index contributed by atoms with van der Waals surface area (Å²) in [4.78, 5) is 17.2. The second-order valence-electron chi connectivity index (χ2n) is 7.06. The molecule has 0 saturated heterocycles. The van der Waals surface area contributed by atoms with Gasteiger partial charge in [0, 0.05) is 5.69 Å². The predicted octanol–water partition coefficient (Wildman–Crippen LogP) is 3.85. The van der Waals surface area contributed by atoms with Crippen LogP contribution in [0.25, 0.3) is 10.2 Å². The number of hydrogen-bond donors (Lipinski definition) is 2. The van der Waals surface area contributed by atoms with E-state index in [-0.39, 0.29) is 16.7 Å². The summed E-state index contributed by atoms with van der Waals surface area (Å²) in [6, 6.07) is 11.3. The molecule has 8 heteroatoms. The lowest BCUT2D eigenvalue weighted by atomic mass is 10.0. The van der Waals surface area contributed by atoms with Crippen LogP contribution in [0.15, 0.2) is 47.4 Å². The fraction of sp³-hybridized carbons (Fsp3) is 0.300. The van der Waals surface area contributed by atoms with E-state index in [0.717, 1.165) is 20.8 Å². The van der Waals surface area contributed by atoms with E-state index in [1.54, 1.807) is 32.0 Å². The smallest absolute Gasteiger partial charge is 0.242 e. The fourth-order valence-electron chi connectivity index (χ4n) is 2.86. The number of anilines is 1. The van der Waals surface area contributed by atoms with Gasteiger partial charge in [-0.05, 0) is 55.7 Å². The molecule has 0 aliphatic carbocycles. The van der Waals surface area contributed by atoms with Crippen molar-refractivity contribution in [3.05, 3.63) is 53.0 Å². The molecule has 6 nitrogen and oxygen atoms in total. The molecule has 0 aliphatic heterocycles. The highest BCUT2D eigenvalue weighted by atomic mass is 32.2. The van der Waals surface area contributed by atoms with Crippen molar-refractivity contribution in [3.63, 3.8) is 0 Å². The van der Waals surface area contributed by atoms with Gasteiger partial charge in [-0.15, -0.1) is 11.3 Å². The summed E-state index contributed by atoms with van der Waals surface area (Å²) in [7, 11) is -3.86. The van der Waals surface area contributed by atoms with E-state index in [9.17, 15) is 13.2 Å². The van der Waals surface area contributed by atoms with E-state index in [1.165, 1.54) is 17.4 Å². The SMILES string of the molecule is Cc1cccc(NC(=O)[C@H](NS(=O)(=O)c2ccc3nc(C)sc3c2)C(C)C)c1. The largest absolute Gasteiger partial charge is 0.325 e. The van der Waals surface area contributed by atoms with Gasteiger partial charge in [-0.25, -0.2) is 13.4 Å². The number of nitrogens with one attached hydrogen (secondary N) is 2. The minimum atomic E-state index is -3.86. The number of aromatic nitrogens is 1. The Hall–Kier alpha value is -2.29. The van der Waals surface area contributed by atoms with Crippen molar-refractivity contribution < 1.29 is 13.2 Å². The van der Waals surface area contributed by atoms with Gasteiger partial charge in [0.25, 0.3) is 0 Å². The zero-order valence-corrected chi connectivity index (χ0v) is 17.8. The average Bonchev–Trinajstić information content (AvgIpc) is 2.98. The molecule has 0 radical (unpaired) electrons. The Bertz CT molecular complexity index is 1120. The first-order chi connectivity index (χ1) is 13.2. The highest BCUT2D eigenvalue weighted by Gasteiger charge is 2.28. The Balaban J connectivity index is 1.84. The molecule has 0 saturated carbocycles. The summed E-state index contributed by atoms with van der Waals surface area (Å²) in [6.45, 7) is 7.41. The van der Waals surface area contributed by atoms with Gasteiger partial charge in [-0.1, -0.05) is 26.0 Å². The van der Waals surface area contributed by atoms with Crippen LogP contribution in [0.3, 0.4) is 0 Å². The second-order valence-corrected chi connectivity index (χ2v) is 10.0. The van der Waals surface area contributed by atoms with Crippen LogP contribution in [-0.4, -0.2) is 25.4 Å². The van der Waals surface area contributed by atoms with Crippen LogP contribution in [0.4, 0.5) is 5.69 Å². The highest BCUT2D eigenvalue weighted by molar-refractivity contribution is 7.89. The zero-order chi connectivity index (χ0) is 20.5. The maximum absolute atomic E-state index is 12.9. The number of sulfonamides is 1. The van der Waals surface area contributed by atoms with Crippen molar-refractivity contribution in [1.29, 1.82) is 0 Å². The highest BCUT2D eigenvalue weighted by Crippen LogP contribution is 2.25. The summed E-state index contributed by atoms with van der Waals surface area (Å²) in [5.41, 5.74) is 2.41. The molecule has 3 rings (SSSR count). The standard InChI is InChI=1S/C20H23N3O3S2/c1-12(2)19(20(24)22-15-7-5-6-13(3)10-15)23-28(25,26)16-8-9-17-18(11-16)27-14(4)21-17/h5-12,19,23H,1-4H3,(H,22,24)/t19-/m1/s1. The molecule has 0 fully saturated rings. The first-order valence-corrected chi connectivity index (χ1v) is 11.2. The molecule has 1 aromatic heterocycles. The Kier molecular flexibility index (Phi) is 5.83. The Morgan fingerprint density at radius 3 is 2.54 bits per heavy atom. The lowest BCUT2D eigenvalue weighted by molar-refractivity contribution is -0.118. The molecule has 2 N–H and O–H groups in total. The molecule has 2 aromatic carbocycles. The number of amides is 1. The third-order valence-electron chi connectivity index (χ3n) is 4.29. The van der Waals surface area contributed by atoms with E-state index < -0.39 is 16.1 Å². The summed E-state index contributed by atoms with van der Waals surface area (Å²) >= 11 is 1.43. The van der Waals surface area contributed by atoms with Crippen molar-refractivity contribution >= 4 is 43.2 Å². The third kappa shape index (κ3) is 4.57. The van der Waals surface area contributed by atoms with Crippen molar-refractivity contribution in [3.8, 4) is 0 Å². The van der Waals surface area contributed by atoms with E-state index in [4.69, 9.17) is 0 Å². The summed E-state index contributed by atoms with van der Waals surface area (Å²) in [6.07, 6.45) is 0. The number of fused-ring (bicyclic) bond motifs is 1. The van der Waals surface area contributed by atoms with Gasteiger partial charge >= 0.3 is 0 Å². The quantitative estimate of drug-likeness (QED) is 0.638. The second kappa shape index (κ2) is 7.98. The van der Waals surface area contributed by atoms with Crippen LogP contribution in [0.1, 0.15) is 24.4 Å². The number of aryl methyl sites for hydroxylation is 2. The number of rotatable bonds is 6. The lowest BCUT2D eigenvalue weighted by Gasteiger charge is -2.21. The van der Waals surface area contributed by atoms with Crippen LogP contribution in [0.2, 0.25) is 0 Å². The molecule has 0 spiro atoms. The van der Waals surface area contributed by atoms with Gasteiger partial charge in [0.15, 0.2) is 0 Å². The molecule has 0 unspecified atom stereocenters. The normalized spacial score (nSPS) is 13.0. The third-order valence-corrected chi connectivity index (χ3v) is 6.67. The molecule has 148 valence electrons. The number of hydrogen-bond acceptors (Lipinski definition) is 5. The van der Waals surface area contributed by atoms with Gasteiger partial charge in [-0.3, -0.25) is 4.79 Å². The molecule has 28 heavy (non-hydrogen) atoms. The molecule has 0 bridgehead atoms. The number of benzene rings is 2. The molecule has 0 aliphatic rings. The van der Waals surface area contributed by atoms with E-state index in [0.29, 0.717) is 5.69 Å². The minimum absolute atomic E-state index is 0.123. The number of thiazole rings is 1. The average molecular weight is 418 g/mol. The van der Waals surface area contributed by atoms with Crippen molar-refractivity contribution in [2.45, 2.75) is 38.6 Å². The summed E-state index contributed by atoms with van der Waals surface area (Å²) in [5.74, 6) is -0.618. The van der Waals surface area contributed by atoms with Crippen molar-refractivity contribution in [1.82, 2.24) is 9.71 Å². The first-order valence-electron chi connectivity index (χ1n) is 8.93. The van der Waals surface area contributed by atoms with E-state index in [1.807, 2.05) is 32.0 Å². The van der Waals surface area contributed by atoms with Gasteiger partial charge < -0.3 is 5.32 Å². The number of carbonyl (C=O) groups is 1. The molecule has 3 aromatic rings. The topological polar surface area (TPSA) is 88.2 Å². The summed E-state index contributed by atoms with van der Waals surface area (Å²) < 4.78 is 29.2.